The fourth-order valence-electron chi connectivity index (χ4n) is 0.604. The van der Waals surface area contributed by atoms with Crippen LogP contribution in [0.4, 0.5) is 0 Å². The van der Waals surface area contributed by atoms with Crippen molar-refractivity contribution in [2.75, 3.05) is 26.4 Å². The molecule has 1 saturated heterocycles. The minimum Gasteiger partial charge on any atom is -0.303 e. The fourth-order valence-corrected chi connectivity index (χ4v) is 0.604. The summed E-state index contributed by atoms with van der Waals surface area (Å²) in [5.74, 6) is 0. The van der Waals surface area contributed by atoms with E-state index in [1.54, 1.807) is 0 Å². The Morgan fingerprint density at radius 3 is 2.75 bits per heavy atom. The van der Waals surface area contributed by atoms with Crippen LogP contribution in [0, 0.1) is 0 Å². The lowest BCUT2D eigenvalue weighted by atomic mass is 10.6. The molecule has 0 aromatic rings. The van der Waals surface area contributed by atoms with Crippen molar-refractivity contribution in [2.45, 2.75) is 0 Å². The van der Waals surface area contributed by atoms with E-state index in [1.165, 1.54) is 0 Å². The van der Waals surface area contributed by atoms with Gasteiger partial charge in [0.25, 0.3) is 0 Å². The van der Waals surface area contributed by atoms with E-state index in [2.05, 4.69) is 21.5 Å². The van der Waals surface area contributed by atoms with E-state index >= 15 is 0 Å². The quantitative estimate of drug-likeness (QED) is 0.301. The van der Waals surface area contributed by atoms with Crippen LogP contribution >= 0.6 is 0 Å². The van der Waals surface area contributed by atoms with E-state index in [4.69, 9.17) is 0 Å². The summed E-state index contributed by atoms with van der Waals surface area (Å²) >= 11 is 0. The normalized spacial score (nSPS) is 24.0. The first kappa shape index (κ1) is 5.97. The van der Waals surface area contributed by atoms with Gasteiger partial charge in [0.2, 0.25) is 0 Å². The summed E-state index contributed by atoms with van der Waals surface area (Å²) in [7, 11) is 0. The average Bonchev–Trinajstić information content (AvgIpc) is 1.62. The van der Waals surface area contributed by atoms with Gasteiger partial charge >= 0.3 is 0 Å². The molecule has 48 valence electrons. The highest BCUT2D eigenvalue weighted by molar-refractivity contribution is 4.50. The molecule has 0 aliphatic carbocycles. The third kappa shape index (κ3) is 2.23. The highest BCUT2D eigenvalue weighted by atomic mass is 15.4. The van der Waals surface area contributed by atoms with Gasteiger partial charge in [-0.05, 0) is 0 Å². The number of rotatable bonds is 0. The summed E-state index contributed by atoms with van der Waals surface area (Å²) in [6.45, 7) is 3.73. The molecule has 0 saturated carbocycles. The molecule has 0 spiro atoms. The molecule has 4 N–H and O–H groups in total. The van der Waals surface area contributed by atoms with Crippen LogP contribution in [0.5, 0.6) is 0 Å². The summed E-state index contributed by atoms with van der Waals surface area (Å²) in [5, 5.41) is 6.28. The maximum absolute atomic E-state index is 3.17. The summed E-state index contributed by atoms with van der Waals surface area (Å²) in [6, 6.07) is 0. The molecule has 0 unspecified atom stereocenters. The molecule has 0 aromatic heterocycles. The first-order chi connectivity index (χ1) is 4.00. The second-order valence-corrected chi connectivity index (χ2v) is 1.71. The zero-order valence-corrected chi connectivity index (χ0v) is 4.83. The van der Waals surface area contributed by atoms with Gasteiger partial charge in [0.15, 0.2) is 0 Å². The van der Waals surface area contributed by atoms with Gasteiger partial charge in [-0.3, -0.25) is 10.7 Å². The molecule has 1 rings (SSSR count). The van der Waals surface area contributed by atoms with E-state index in [0.29, 0.717) is 0 Å². The first-order valence-corrected chi connectivity index (χ1v) is 2.87. The Morgan fingerprint density at radius 2 is 1.75 bits per heavy atom. The van der Waals surface area contributed by atoms with Gasteiger partial charge in [0.1, 0.15) is 0 Å². The van der Waals surface area contributed by atoms with Gasteiger partial charge in [-0.25, -0.2) is 5.43 Å². The van der Waals surface area contributed by atoms with Crippen molar-refractivity contribution in [3.05, 3.63) is 0 Å². The lowest BCUT2D eigenvalue weighted by Crippen LogP contribution is -2.48. The monoisotopic (exact) mass is 116 g/mol. The minimum absolute atomic E-state index is 0.826. The average molecular weight is 116 g/mol. The smallest absolute Gasteiger partial charge is 0.0599 e. The van der Waals surface area contributed by atoms with Crippen LogP contribution in [0.25, 0.3) is 0 Å². The van der Waals surface area contributed by atoms with Crippen LogP contribution in [-0.4, -0.2) is 26.4 Å². The maximum atomic E-state index is 3.17. The zero-order chi connectivity index (χ0) is 5.66. The lowest BCUT2D eigenvalue weighted by molar-refractivity contribution is 0.427. The molecule has 1 fully saturated rings. The zero-order valence-electron chi connectivity index (χ0n) is 4.83. The number of hydrogen-bond donors (Lipinski definition) is 4. The van der Waals surface area contributed by atoms with Crippen molar-refractivity contribution in [1.82, 2.24) is 21.5 Å². The number of hydrogen-bond acceptors (Lipinski definition) is 4. The Balaban J connectivity index is 2.00. The van der Waals surface area contributed by atoms with Crippen molar-refractivity contribution in [2.24, 2.45) is 0 Å². The van der Waals surface area contributed by atoms with Gasteiger partial charge < -0.3 is 5.32 Å². The van der Waals surface area contributed by atoms with Gasteiger partial charge in [0, 0.05) is 19.8 Å². The van der Waals surface area contributed by atoms with Crippen LogP contribution in [0.3, 0.4) is 0 Å². The molecule has 0 atom stereocenters. The molecular formula is C4H12N4. The van der Waals surface area contributed by atoms with Crippen LogP contribution in [0.15, 0.2) is 0 Å². The van der Waals surface area contributed by atoms with Crippen molar-refractivity contribution >= 4 is 0 Å². The van der Waals surface area contributed by atoms with Crippen molar-refractivity contribution in [3.8, 4) is 0 Å². The minimum atomic E-state index is 0.826. The molecule has 4 nitrogen and oxygen atoms in total. The first-order valence-electron chi connectivity index (χ1n) is 2.87. The SMILES string of the molecule is C1CNNCNCN1. The summed E-state index contributed by atoms with van der Waals surface area (Å²) in [4.78, 5) is 0. The number of nitrogens with one attached hydrogen (secondary N) is 4. The third-order valence-corrected chi connectivity index (χ3v) is 1.02. The molecular weight excluding hydrogens is 104 g/mol. The predicted molar refractivity (Wildman–Crippen MR) is 32.0 cm³/mol. The van der Waals surface area contributed by atoms with E-state index in [9.17, 15) is 0 Å². The maximum Gasteiger partial charge on any atom is 0.0599 e. The van der Waals surface area contributed by atoms with Crippen LogP contribution < -0.4 is 21.5 Å². The highest BCUT2D eigenvalue weighted by Gasteiger charge is 1.89. The summed E-state index contributed by atoms with van der Waals surface area (Å²) < 4.78 is 0. The van der Waals surface area contributed by atoms with Gasteiger partial charge in [-0.15, -0.1) is 0 Å². The molecule has 8 heavy (non-hydrogen) atoms. The Labute approximate surface area is 49.0 Å². The van der Waals surface area contributed by atoms with Crippen molar-refractivity contribution in [3.63, 3.8) is 0 Å². The standard InChI is InChI=1S/C4H12N4/c1-2-7-8-4-6-3-5-1/h5-8H,1-4H2. The van der Waals surface area contributed by atoms with Gasteiger partial charge in [0.05, 0.1) is 6.67 Å². The lowest BCUT2D eigenvalue weighted by Gasteiger charge is -2.13. The Hall–Kier alpha value is -0.160. The molecule has 1 aliphatic heterocycles. The molecule has 4 heteroatoms. The second kappa shape index (κ2) is 3.80. The van der Waals surface area contributed by atoms with E-state index in [1.807, 2.05) is 0 Å². The molecule has 1 heterocycles. The Kier molecular flexibility index (Phi) is 2.83. The largest absolute Gasteiger partial charge is 0.303 e. The summed E-state index contributed by atoms with van der Waals surface area (Å²) in [6.07, 6.45) is 0. The Bertz CT molecular complexity index is 32.0. The second-order valence-electron chi connectivity index (χ2n) is 1.71. The van der Waals surface area contributed by atoms with Crippen molar-refractivity contribution < 1.29 is 0 Å². The molecule has 0 aromatic carbocycles. The van der Waals surface area contributed by atoms with Gasteiger partial charge in [-0.1, -0.05) is 0 Å². The Morgan fingerprint density at radius 1 is 0.750 bits per heavy atom. The summed E-state index contributed by atoms with van der Waals surface area (Å²) in [5.41, 5.74) is 6.00. The van der Waals surface area contributed by atoms with Crippen LogP contribution in [0.2, 0.25) is 0 Å². The van der Waals surface area contributed by atoms with Crippen LogP contribution in [-0.2, 0) is 0 Å². The fraction of sp³-hybridized carbons (Fsp3) is 1.00. The molecule has 1 aliphatic rings. The van der Waals surface area contributed by atoms with Gasteiger partial charge in [-0.2, -0.15) is 0 Å². The predicted octanol–water partition coefficient (Wildman–Crippen LogP) is -1.81. The molecule has 0 amide bonds. The van der Waals surface area contributed by atoms with E-state index in [-0.39, 0.29) is 0 Å². The third-order valence-electron chi connectivity index (χ3n) is 1.02. The van der Waals surface area contributed by atoms with E-state index < -0.39 is 0 Å². The van der Waals surface area contributed by atoms with E-state index in [0.717, 1.165) is 26.4 Å². The number of hydrazine groups is 1. The highest BCUT2D eigenvalue weighted by Crippen LogP contribution is 1.58. The molecule has 0 radical (unpaired) electrons. The van der Waals surface area contributed by atoms with Crippen LogP contribution in [0.1, 0.15) is 0 Å². The molecule has 0 bridgehead atoms. The van der Waals surface area contributed by atoms with Crippen molar-refractivity contribution in [1.29, 1.82) is 0 Å². The topological polar surface area (TPSA) is 48.1 Å².